The summed E-state index contributed by atoms with van der Waals surface area (Å²) >= 11 is 0. The minimum atomic E-state index is -0.000816. The summed E-state index contributed by atoms with van der Waals surface area (Å²) < 4.78 is 7.83. The van der Waals surface area contributed by atoms with E-state index in [0.29, 0.717) is 0 Å². The molecule has 5 heteroatoms. The molecule has 19 heavy (non-hydrogen) atoms. The van der Waals surface area contributed by atoms with Crippen molar-refractivity contribution in [2.45, 2.75) is 44.9 Å². The lowest BCUT2D eigenvalue weighted by Crippen LogP contribution is -2.23. The standard InChI is InChI=1S/C14H18N4O/c1-14(2)6-3-12(19-14)9-18-10-13(16-17-18)11-4-7-15-8-5-11/h4-5,7-8,10,12H,3,6,9H2,1-2H3. The molecule has 2 aromatic heterocycles. The van der Waals surface area contributed by atoms with Gasteiger partial charge in [-0.2, -0.15) is 0 Å². The van der Waals surface area contributed by atoms with Crippen molar-refractivity contribution in [3.05, 3.63) is 30.7 Å². The van der Waals surface area contributed by atoms with Crippen LogP contribution in [0.2, 0.25) is 0 Å². The van der Waals surface area contributed by atoms with Crippen LogP contribution >= 0.6 is 0 Å². The highest BCUT2D eigenvalue weighted by atomic mass is 16.5. The van der Waals surface area contributed by atoms with E-state index in [2.05, 4.69) is 29.1 Å². The summed E-state index contributed by atoms with van der Waals surface area (Å²) in [6, 6.07) is 3.87. The number of hydrogen-bond acceptors (Lipinski definition) is 4. The van der Waals surface area contributed by atoms with Crippen LogP contribution in [-0.2, 0) is 11.3 Å². The third kappa shape index (κ3) is 2.81. The summed E-state index contributed by atoms with van der Waals surface area (Å²) in [7, 11) is 0. The van der Waals surface area contributed by atoms with Gasteiger partial charge in [-0.15, -0.1) is 5.10 Å². The molecule has 0 bridgehead atoms. The van der Waals surface area contributed by atoms with Crippen LogP contribution in [0, 0.1) is 0 Å². The molecule has 1 atom stereocenters. The molecule has 1 aliphatic heterocycles. The van der Waals surface area contributed by atoms with Gasteiger partial charge >= 0.3 is 0 Å². The fourth-order valence-electron chi connectivity index (χ4n) is 2.46. The molecule has 1 aliphatic rings. The first-order valence-electron chi connectivity index (χ1n) is 6.61. The van der Waals surface area contributed by atoms with E-state index in [-0.39, 0.29) is 11.7 Å². The molecule has 0 aromatic carbocycles. The summed E-state index contributed by atoms with van der Waals surface area (Å²) in [5, 5.41) is 8.36. The highest BCUT2D eigenvalue weighted by Gasteiger charge is 2.31. The van der Waals surface area contributed by atoms with Crippen LogP contribution in [0.4, 0.5) is 0 Å². The maximum atomic E-state index is 5.97. The zero-order valence-corrected chi connectivity index (χ0v) is 11.3. The van der Waals surface area contributed by atoms with Gasteiger partial charge < -0.3 is 4.74 Å². The SMILES string of the molecule is CC1(C)CCC(Cn2cc(-c3ccncc3)nn2)O1. The Hall–Kier alpha value is -1.75. The highest BCUT2D eigenvalue weighted by Crippen LogP contribution is 2.30. The maximum Gasteiger partial charge on any atom is 0.113 e. The van der Waals surface area contributed by atoms with Gasteiger partial charge in [0.25, 0.3) is 0 Å². The summed E-state index contributed by atoms with van der Waals surface area (Å²) in [6.45, 7) is 5.04. The van der Waals surface area contributed by atoms with Gasteiger partial charge in [0.15, 0.2) is 0 Å². The van der Waals surface area contributed by atoms with Crippen molar-refractivity contribution >= 4 is 0 Å². The summed E-state index contributed by atoms with van der Waals surface area (Å²) in [5.74, 6) is 0. The molecule has 3 heterocycles. The van der Waals surface area contributed by atoms with E-state index in [1.807, 2.05) is 23.0 Å². The van der Waals surface area contributed by atoms with Crippen LogP contribution in [0.15, 0.2) is 30.7 Å². The first kappa shape index (κ1) is 12.3. The molecule has 0 amide bonds. The lowest BCUT2D eigenvalue weighted by atomic mass is 10.1. The van der Waals surface area contributed by atoms with Crippen molar-refractivity contribution in [2.75, 3.05) is 0 Å². The van der Waals surface area contributed by atoms with E-state index < -0.39 is 0 Å². The molecule has 1 saturated heterocycles. The molecule has 3 rings (SSSR count). The molecule has 1 fully saturated rings. The van der Waals surface area contributed by atoms with Gasteiger partial charge in [0.2, 0.25) is 0 Å². The molecular weight excluding hydrogens is 240 g/mol. The molecule has 0 aliphatic carbocycles. The average molecular weight is 258 g/mol. The van der Waals surface area contributed by atoms with Crippen LogP contribution in [0.25, 0.3) is 11.3 Å². The number of rotatable bonds is 3. The Kier molecular flexibility index (Phi) is 3.06. The first-order chi connectivity index (χ1) is 9.12. The van der Waals surface area contributed by atoms with Crippen LogP contribution < -0.4 is 0 Å². The normalized spacial score (nSPS) is 21.7. The van der Waals surface area contributed by atoms with E-state index in [4.69, 9.17) is 4.74 Å². The van der Waals surface area contributed by atoms with Crippen molar-refractivity contribution in [1.82, 2.24) is 20.0 Å². The molecule has 0 radical (unpaired) electrons. The minimum absolute atomic E-state index is 0.000816. The van der Waals surface area contributed by atoms with E-state index >= 15 is 0 Å². The second-order valence-electron chi connectivity index (χ2n) is 5.60. The van der Waals surface area contributed by atoms with Crippen molar-refractivity contribution in [2.24, 2.45) is 0 Å². The van der Waals surface area contributed by atoms with Crippen LogP contribution in [0.1, 0.15) is 26.7 Å². The number of hydrogen-bond donors (Lipinski definition) is 0. The van der Waals surface area contributed by atoms with Crippen molar-refractivity contribution in [1.29, 1.82) is 0 Å². The molecule has 2 aromatic rings. The van der Waals surface area contributed by atoms with Crippen LogP contribution in [0.3, 0.4) is 0 Å². The Morgan fingerprint density at radius 2 is 2.16 bits per heavy atom. The highest BCUT2D eigenvalue weighted by molar-refractivity contribution is 5.56. The van der Waals surface area contributed by atoms with E-state index in [9.17, 15) is 0 Å². The lowest BCUT2D eigenvalue weighted by Gasteiger charge is -2.18. The molecule has 5 nitrogen and oxygen atoms in total. The fourth-order valence-corrected chi connectivity index (χ4v) is 2.46. The van der Waals surface area contributed by atoms with Crippen LogP contribution in [0.5, 0.6) is 0 Å². The number of aromatic nitrogens is 4. The van der Waals surface area contributed by atoms with Crippen LogP contribution in [-0.4, -0.2) is 31.7 Å². The molecule has 0 N–H and O–H groups in total. The Morgan fingerprint density at radius 3 is 2.84 bits per heavy atom. The predicted molar refractivity (Wildman–Crippen MR) is 71.4 cm³/mol. The largest absolute Gasteiger partial charge is 0.370 e. The fraction of sp³-hybridized carbons (Fsp3) is 0.500. The van der Waals surface area contributed by atoms with Gasteiger partial charge in [-0.05, 0) is 38.8 Å². The molecule has 100 valence electrons. The number of nitrogens with zero attached hydrogens (tertiary/aromatic N) is 4. The van der Waals surface area contributed by atoms with Crippen molar-refractivity contribution < 1.29 is 4.74 Å². The lowest BCUT2D eigenvalue weighted by molar-refractivity contribution is -0.0231. The second kappa shape index (κ2) is 4.74. The number of ether oxygens (including phenoxy) is 1. The summed E-state index contributed by atoms with van der Waals surface area (Å²) in [6.07, 6.45) is 7.90. The molecule has 0 saturated carbocycles. The zero-order valence-electron chi connectivity index (χ0n) is 11.3. The Balaban J connectivity index is 1.69. The van der Waals surface area contributed by atoms with E-state index in [1.165, 1.54) is 0 Å². The van der Waals surface area contributed by atoms with Crippen molar-refractivity contribution in [3.63, 3.8) is 0 Å². The van der Waals surface area contributed by atoms with Crippen molar-refractivity contribution in [3.8, 4) is 11.3 Å². The second-order valence-corrected chi connectivity index (χ2v) is 5.60. The molecule has 1 unspecified atom stereocenters. The maximum absolute atomic E-state index is 5.97. The monoisotopic (exact) mass is 258 g/mol. The summed E-state index contributed by atoms with van der Waals surface area (Å²) in [4.78, 5) is 4.00. The van der Waals surface area contributed by atoms with Gasteiger partial charge in [-0.1, -0.05) is 5.21 Å². The van der Waals surface area contributed by atoms with Gasteiger partial charge in [0.05, 0.1) is 24.4 Å². The Bertz CT molecular complexity index is 550. The number of pyridine rings is 1. The third-order valence-electron chi connectivity index (χ3n) is 3.46. The quantitative estimate of drug-likeness (QED) is 0.847. The molecular formula is C14H18N4O. The third-order valence-corrected chi connectivity index (χ3v) is 3.46. The van der Waals surface area contributed by atoms with Gasteiger partial charge in [-0.3, -0.25) is 4.98 Å². The zero-order chi connectivity index (χ0) is 13.3. The van der Waals surface area contributed by atoms with E-state index in [1.54, 1.807) is 12.4 Å². The summed E-state index contributed by atoms with van der Waals surface area (Å²) in [5.41, 5.74) is 1.91. The first-order valence-corrected chi connectivity index (χ1v) is 6.61. The van der Waals surface area contributed by atoms with Gasteiger partial charge in [0.1, 0.15) is 5.69 Å². The Labute approximate surface area is 112 Å². The molecule has 0 spiro atoms. The Morgan fingerprint density at radius 1 is 1.37 bits per heavy atom. The average Bonchev–Trinajstić information content (AvgIpc) is 2.98. The topological polar surface area (TPSA) is 52.8 Å². The van der Waals surface area contributed by atoms with Gasteiger partial charge in [-0.25, -0.2) is 4.68 Å². The van der Waals surface area contributed by atoms with E-state index in [0.717, 1.165) is 30.6 Å². The van der Waals surface area contributed by atoms with Gasteiger partial charge in [0, 0.05) is 18.0 Å². The minimum Gasteiger partial charge on any atom is -0.370 e. The predicted octanol–water partition coefficient (Wildman–Crippen LogP) is 2.30. The smallest absolute Gasteiger partial charge is 0.113 e.